The summed E-state index contributed by atoms with van der Waals surface area (Å²) in [5.74, 6) is -0.478. The van der Waals surface area contributed by atoms with Crippen LogP contribution in [0.5, 0.6) is 0 Å². The first-order valence-electron chi connectivity index (χ1n) is 10.9. The number of likely N-dealkylation sites (tertiary alicyclic amines) is 1. The first kappa shape index (κ1) is 22.0. The number of hydrogen-bond donors (Lipinski definition) is 1. The van der Waals surface area contributed by atoms with Crippen LogP contribution in [0.1, 0.15) is 28.8 Å². The Morgan fingerprint density at radius 2 is 1.75 bits per heavy atom. The minimum atomic E-state index is -0.397. The van der Waals surface area contributed by atoms with Crippen molar-refractivity contribution in [3.63, 3.8) is 0 Å². The largest absolute Gasteiger partial charge is 0.338 e. The minimum Gasteiger partial charge on any atom is -0.338 e. The van der Waals surface area contributed by atoms with E-state index < -0.39 is 5.82 Å². The summed E-state index contributed by atoms with van der Waals surface area (Å²) in [6.07, 6.45) is 1.49. The third kappa shape index (κ3) is 5.50. The van der Waals surface area contributed by atoms with E-state index in [4.69, 9.17) is 0 Å². The van der Waals surface area contributed by atoms with Crippen molar-refractivity contribution in [3.05, 3.63) is 65.5 Å². The number of amides is 3. The van der Waals surface area contributed by atoms with E-state index >= 15 is 0 Å². The third-order valence-corrected chi connectivity index (χ3v) is 5.85. The smallest absolute Gasteiger partial charge is 0.253 e. The molecular weight excluding hydrogens is 411 g/mol. The van der Waals surface area contributed by atoms with E-state index in [1.54, 1.807) is 23.1 Å². The Bertz CT molecular complexity index is 1000. The van der Waals surface area contributed by atoms with Crippen LogP contribution in [0.2, 0.25) is 0 Å². The molecule has 0 aliphatic carbocycles. The molecular formula is C24H27FN4O3. The van der Waals surface area contributed by atoms with Gasteiger partial charge in [-0.2, -0.15) is 0 Å². The minimum absolute atomic E-state index is 0.0385. The highest BCUT2D eigenvalue weighted by Gasteiger charge is 2.24. The van der Waals surface area contributed by atoms with Gasteiger partial charge in [-0.3, -0.25) is 19.3 Å². The molecule has 1 N–H and O–H groups in total. The lowest BCUT2D eigenvalue weighted by atomic mass is 10.1. The average Bonchev–Trinajstić information content (AvgIpc) is 3.18. The zero-order valence-electron chi connectivity index (χ0n) is 17.9. The van der Waals surface area contributed by atoms with E-state index in [-0.39, 0.29) is 24.3 Å². The van der Waals surface area contributed by atoms with E-state index in [0.717, 1.165) is 18.5 Å². The van der Waals surface area contributed by atoms with Crippen LogP contribution in [-0.2, 0) is 16.1 Å². The van der Waals surface area contributed by atoms with Crippen LogP contribution < -0.4 is 5.32 Å². The Morgan fingerprint density at radius 1 is 0.969 bits per heavy atom. The molecule has 168 valence electrons. The predicted octanol–water partition coefficient (Wildman–Crippen LogP) is 2.34. The highest BCUT2D eigenvalue weighted by atomic mass is 19.1. The van der Waals surface area contributed by atoms with Gasteiger partial charge in [0, 0.05) is 56.9 Å². The monoisotopic (exact) mass is 438 g/mol. The second kappa shape index (κ2) is 9.91. The van der Waals surface area contributed by atoms with E-state index in [0.29, 0.717) is 50.4 Å². The molecule has 2 aromatic carbocycles. The zero-order valence-corrected chi connectivity index (χ0v) is 17.9. The molecule has 32 heavy (non-hydrogen) atoms. The molecule has 2 saturated heterocycles. The SMILES string of the molecule is O=C(CN1CCN(C(=O)c2cccc(CN3CCCC3=O)c2)CC1)Nc1cccc(F)c1. The van der Waals surface area contributed by atoms with Crippen LogP contribution in [-0.4, -0.2) is 71.7 Å². The van der Waals surface area contributed by atoms with Crippen LogP contribution in [0.25, 0.3) is 0 Å². The van der Waals surface area contributed by atoms with Crippen molar-refractivity contribution in [1.29, 1.82) is 0 Å². The number of benzene rings is 2. The van der Waals surface area contributed by atoms with Crippen molar-refractivity contribution >= 4 is 23.4 Å². The van der Waals surface area contributed by atoms with Crippen LogP contribution in [0.3, 0.4) is 0 Å². The quantitative estimate of drug-likeness (QED) is 0.752. The number of piperazine rings is 1. The molecule has 2 aromatic rings. The number of hydrogen-bond acceptors (Lipinski definition) is 4. The molecule has 7 nitrogen and oxygen atoms in total. The Balaban J connectivity index is 1.27. The first-order valence-corrected chi connectivity index (χ1v) is 10.9. The molecule has 2 aliphatic rings. The topological polar surface area (TPSA) is 73.0 Å². The fourth-order valence-electron chi connectivity index (χ4n) is 4.16. The molecule has 0 aromatic heterocycles. The summed E-state index contributed by atoms with van der Waals surface area (Å²) in [6, 6.07) is 13.3. The van der Waals surface area contributed by atoms with Gasteiger partial charge in [0.05, 0.1) is 6.54 Å². The molecule has 0 unspecified atom stereocenters. The Kier molecular flexibility index (Phi) is 6.80. The number of nitrogens with one attached hydrogen (secondary N) is 1. The molecule has 2 aliphatic heterocycles. The Hall–Kier alpha value is -3.26. The molecule has 8 heteroatoms. The molecule has 2 fully saturated rings. The summed E-state index contributed by atoms with van der Waals surface area (Å²) < 4.78 is 13.3. The van der Waals surface area contributed by atoms with Crippen molar-refractivity contribution in [1.82, 2.24) is 14.7 Å². The van der Waals surface area contributed by atoms with Crippen molar-refractivity contribution < 1.29 is 18.8 Å². The molecule has 4 rings (SSSR count). The third-order valence-electron chi connectivity index (χ3n) is 5.85. The number of halogens is 1. The van der Waals surface area contributed by atoms with Crippen LogP contribution in [0.15, 0.2) is 48.5 Å². The second-order valence-corrected chi connectivity index (χ2v) is 8.25. The molecule has 0 spiro atoms. The van der Waals surface area contributed by atoms with Crippen molar-refractivity contribution in [2.24, 2.45) is 0 Å². The first-order chi connectivity index (χ1) is 15.5. The van der Waals surface area contributed by atoms with E-state index in [1.807, 2.05) is 28.0 Å². The van der Waals surface area contributed by atoms with Crippen molar-refractivity contribution in [3.8, 4) is 0 Å². The van der Waals surface area contributed by atoms with Gasteiger partial charge in [0.2, 0.25) is 11.8 Å². The molecule has 3 amide bonds. The molecule has 2 heterocycles. The van der Waals surface area contributed by atoms with E-state index in [9.17, 15) is 18.8 Å². The highest BCUT2D eigenvalue weighted by molar-refractivity contribution is 5.94. The average molecular weight is 439 g/mol. The normalized spacial score (nSPS) is 17.0. The van der Waals surface area contributed by atoms with Crippen molar-refractivity contribution in [2.45, 2.75) is 19.4 Å². The number of nitrogens with zero attached hydrogens (tertiary/aromatic N) is 3. The lowest BCUT2D eigenvalue weighted by Gasteiger charge is -2.34. The van der Waals surface area contributed by atoms with Gasteiger partial charge in [-0.25, -0.2) is 4.39 Å². The summed E-state index contributed by atoms with van der Waals surface area (Å²) in [7, 11) is 0. The molecule has 0 saturated carbocycles. The fourth-order valence-corrected chi connectivity index (χ4v) is 4.16. The summed E-state index contributed by atoms with van der Waals surface area (Å²) in [6.45, 7) is 3.73. The predicted molar refractivity (Wildman–Crippen MR) is 118 cm³/mol. The van der Waals surface area contributed by atoms with Gasteiger partial charge < -0.3 is 15.1 Å². The number of carbonyl (C=O) groups is 3. The number of rotatable bonds is 6. The van der Waals surface area contributed by atoms with Gasteiger partial charge in [-0.1, -0.05) is 18.2 Å². The van der Waals surface area contributed by atoms with E-state index in [1.165, 1.54) is 12.1 Å². The lowest BCUT2D eigenvalue weighted by Crippen LogP contribution is -2.50. The molecule has 0 bridgehead atoms. The van der Waals surface area contributed by atoms with Gasteiger partial charge in [0.25, 0.3) is 5.91 Å². The number of anilines is 1. The van der Waals surface area contributed by atoms with Crippen LogP contribution in [0.4, 0.5) is 10.1 Å². The van der Waals surface area contributed by atoms with Gasteiger partial charge in [0.1, 0.15) is 5.82 Å². The van der Waals surface area contributed by atoms with Gasteiger partial charge in [-0.05, 0) is 42.3 Å². The fraction of sp³-hybridized carbons (Fsp3) is 0.375. The lowest BCUT2D eigenvalue weighted by molar-refractivity contribution is -0.128. The maximum Gasteiger partial charge on any atom is 0.253 e. The Labute approximate surface area is 186 Å². The second-order valence-electron chi connectivity index (χ2n) is 8.25. The van der Waals surface area contributed by atoms with Crippen molar-refractivity contribution in [2.75, 3.05) is 44.6 Å². The highest BCUT2D eigenvalue weighted by Crippen LogP contribution is 2.17. The van der Waals surface area contributed by atoms with Crippen LogP contribution >= 0.6 is 0 Å². The summed E-state index contributed by atoms with van der Waals surface area (Å²) in [5.41, 5.74) is 2.00. The van der Waals surface area contributed by atoms with Gasteiger partial charge in [0.15, 0.2) is 0 Å². The summed E-state index contributed by atoms with van der Waals surface area (Å²) in [4.78, 5) is 42.7. The summed E-state index contributed by atoms with van der Waals surface area (Å²) >= 11 is 0. The van der Waals surface area contributed by atoms with Crippen LogP contribution in [0, 0.1) is 5.82 Å². The van der Waals surface area contributed by atoms with Gasteiger partial charge in [-0.15, -0.1) is 0 Å². The van der Waals surface area contributed by atoms with E-state index in [2.05, 4.69) is 5.32 Å². The van der Waals surface area contributed by atoms with Gasteiger partial charge >= 0.3 is 0 Å². The number of carbonyl (C=O) groups excluding carboxylic acids is 3. The standard InChI is InChI=1S/C24H27FN4O3/c25-20-6-2-7-21(15-20)26-22(30)17-27-10-12-28(13-11-27)24(32)19-5-1-4-18(14-19)16-29-9-3-8-23(29)31/h1-2,4-7,14-15H,3,8-13,16-17H2,(H,26,30). The zero-order chi connectivity index (χ0) is 22.5. The summed E-state index contributed by atoms with van der Waals surface area (Å²) in [5, 5.41) is 2.70. The molecule has 0 radical (unpaired) electrons. The maximum atomic E-state index is 13.3. The molecule has 0 atom stereocenters. The Morgan fingerprint density at radius 3 is 2.47 bits per heavy atom. The maximum absolute atomic E-state index is 13.3.